The minimum atomic E-state index is -0.920. The highest BCUT2D eigenvalue weighted by atomic mass is 19.1. The zero-order valence-corrected chi connectivity index (χ0v) is 25.2. The smallest absolute Gasteiger partial charge is 0.304 e. The van der Waals surface area contributed by atoms with Crippen LogP contribution in [0.3, 0.4) is 0 Å². The first-order chi connectivity index (χ1) is 20.7. The van der Waals surface area contributed by atoms with Crippen LogP contribution in [0, 0.1) is 25.5 Å². The van der Waals surface area contributed by atoms with Gasteiger partial charge in [0.05, 0.1) is 20.6 Å². The first-order valence-electron chi connectivity index (χ1n) is 14.3. The molecular formula is C35H38F2N2O4. The molecular weight excluding hydrogens is 550 g/mol. The van der Waals surface area contributed by atoms with E-state index in [1.165, 1.54) is 13.2 Å². The summed E-state index contributed by atoms with van der Waals surface area (Å²) in [7, 11) is 3.04. The summed E-state index contributed by atoms with van der Waals surface area (Å²) in [5.74, 6) is -0.801. The third-order valence-electron chi connectivity index (χ3n) is 7.70. The molecule has 0 saturated carbocycles. The summed E-state index contributed by atoms with van der Waals surface area (Å²) in [6.45, 7) is 7.46. The van der Waals surface area contributed by atoms with Crippen LogP contribution in [0.1, 0.15) is 35.6 Å². The maximum Gasteiger partial charge on any atom is 0.304 e. The molecule has 0 radical (unpaired) electrons. The molecule has 4 aromatic rings. The Morgan fingerprint density at radius 1 is 0.744 bits per heavy atom. The highest BCUT2D eigenvalue weighted by molar-refractivity contribution is 5.84. The van der Waals surface area contributed by atoms with Crippen molar-refractivity contribution in [2.24, 2.45) is 0 Å². The second-order valence-electron chi connectivity index (χ2n) is 10.3. The van der Waals surface area contributed by atoms with Gasteiger partial charge in [-0.2, -0.15) is 0 Å². The lowest BCUT2D eigenvalue weighted by atomic mass is 9.87. The number of carboxylic acids is 1. The lowest BCUT2D eigenvalue weighted by Crippen LogP contribution is -2.18. The number of rotatable bonds is 13. The molecule has 0 bridgehead atoms. The predicted octanol–water partition coefficient (Wildman–Crippen LogP) is 7.27. The Morgan fingerprint density at radius 2 is 1.19 bits per heavy atom. The van der Waals surface area contributed by atoms with E-state index in [0.717, 1.165) is 45.5 Å². The topological polar surface area (TPSA) is 79.8 Å². The molecule has 8 heteroatoms. The molecule has 0 atom stereocenters. The van der Waals surface area contributed by atoms with Gasteiger partial charge >= 0.3 is 5.97 Å². The minimum absolute atomic E-state index is 0.0567. The molecule has 0 aromatic heterocycles. The summed E-state index contributed by atoms with van der Waals surface area (Å²) in [4.78, 5) is 10.8. The summed E-state index contributed by atoms with van der Waals surface area (Å²) >= 11 is 0. The fraction of sp³-hybridized carbons (Fsp3) is 0.286. The number of carboxylic acid groups (broad SMARTS) is 1. The first-order valence-corrected chi connectivity index (χ1v) is 14.3. The van der Waals surface area contributed by atoms with Gasteiger partial charge in [-0.3, -0.25) is 4.79 Å². The first kappa shape index (κ1) is 31.7. The number of nitrogens with one attached hydrogen (secondary N) is 2. The van der Waals surface area contributed by atoms with E-state index in [-0.39, 0.29) is 25.3 Å². The number of aliphatic carboxylic acids is 1. The minimum Gasteiger partial charge on any atom is -0.496 e. The third kappa shape index (κ3) is 7.04. The van der Waals surface area contributed by atoms with Gasteiger partial charge in [0.25, 0.3) is 0 Å². The predicted molar refractivity (Wildman–Crippen MR) is 167 cm³/mol. The average Bonchev–Trinajstić information content (AvgIpc) is 2.99. The van der Waals surface area contributed by atoms with Crippen LogP contribution in [0.5, 0.6) is 11.5 Å². The van der Waals surface area contributed by atoms with Gasteiger partial charge in [0, 0.05) is 30.8 Å². The van der Waals surface area contributed by atoms with Crippen molar-refractivity contribution in [3.63, 3.8) is 0 Å². The molecule has 4 rings (SSSR count). The fourth-order valence-electron chi connectivity index (χ4n) is 5.38. The Labute approximate surface area is 251 Å². The van der Waals surface area contributed by atoms with Crippen molar-refractivity contribution < 1.29 is 28.2 Å². The number of methoxy groups -OCH3 is 2. The van der Waals surface area contributed by atoms with Gasteiger partial charge in [-0.05, 0) is 89.2 Å². The van der Waals surface area contributed by atoms with Gasteiger partial charge in [0.1, 0.15) is 23.1 Å². The largest absolute Gasteiger partial charge is 0.496 e. The van der Waals surface area contributed by atoms with Crippen molar-refractivity contribution in [3.8, 4) is 44.9 Å². The van der Waals surface area contributed by atoms with Crippen molar-refractivity contribution >= 4 is 5.97 Å². The second kappa shape index (κ2) is 14.3. The van der Waals surface area contributed by atoms with Crippen molar-refractivity contribution in [2.75, 3.05) is 27.3 Å². The molecule has 0 heterocycles. The van der Waals surface area contributed by atoms with Crippen LogP contribution >= 0.6 is 0 Å². The standard InChI is InChI=1S/C35H38F2N2O4/c1-6-38-19-29-31(36)15-23(17-33(29)42-4)25-9-7-11-27(21(25)2)28-12-8-10-26(22(28)3)24-16-32(37)30(34(18-24)43-5)20-39-14-13-35(40)41/h7-12,15-18,38-39H,6,13-14,19-20H2,1-5H3,(H,40,41). The highest BCUT2D eigenvalue weighted by Crippen LogP contribution is 2.39. The Bertz CT molecular complexity index is 1620. The Kier molecular flexibility index (Phi) is 10.5. The molecule has 0 spiro atoms. The summed E-state index contributed by atoms with van der Waals surface area (Å²) in [5, 5.41) is 15.0. The Hall–Kier alpha value is -4.27. The van der Waals surface area contributed by atoms with E-state index < -0.39 is 11.8 Å². The quantitative estimate of drug-likeness (QED) is 0.143. The van der Waals surface area contributed by atoms with E-state index in [0.29, 0.717) is 34.7 Å². The van der Waals surface area contributed by atoms with E-state index in [2.05, 4.69) is 10.6 Å². The van der Waals surface area contributed by atoms with E-state index in [1.54, 1.807) is 19.2 Å². The summed E-state index contributed by atoms with van der Waals surface area (Å²) in [6.07, 6.45) is -0.0567. The molecule has 0 aliphatic carbocycles. The normalized spacial score (nSPS) is 11.0. The molecule has 0 saturated heterocycles. The number of carbonyl (C=O) groups is 1. The van der Waals surface area contributed by atoms with Crippen LogP contribution in [0.25, 0.3) is 33.4 Å². The molecule has 0 aliphatic rings. The molecule has 6 nitrogen and oxygen atoms in total. The van der Waals surface area contributed by atoms with Gasteiger partial charge in [-0.1, -0.05) is 43.3 Å². The van der Waals surface area contributed by atoms with Gasteiger partial charge in [0.2, 0.25) is 0 Å². The summed E-state index contributed by atoms with van der Waals surface area (Å²) in [6, 6.07) is 18.6. The second-order valence-corrected chi connectivity index (χ2v) is 10.3. The molecule has 4 aromatic carbocycles. The van der Waals surface area contributed by atoms with E-state index in [4.69, 9.17) is 14.6 Å². The zero-order chi connectivity index (χ0) is 31.1. The van der Waals surface area contributed by atoms with Crippen molar-refractivity contribution in [1.29, 1.82) is 0 Å². The maximum absolute atomic E-state index is 15.3. The van der Waals surface area contributed by atoms with E-state index in [1.807, 2.05) is 63.2 Å². The van der Waals surface area contributed by atoms with E-state index in [9.17, 15) is 4.79 Å². The maximum atomic E-state index is 15.3. The summed E-state index contributed by atoms with van der Waals surface area (Å²) in [5.41, 5.74) is 7.88. The Balaban J connectivity index is 1.72. The fourth-order valence-corrected chi connectivity index (χ4v) is 5.38. The van der Waals surface area contributed by atoms with E-state index >= 15 is 8.78 Å². The van der Waals surface area contributed by atoms with Crippen LogP contribution in [-0.4, -0.2) is 38.4 Å². The van der Waals surface area contributed by atoms with Crippen LogP contribution < -0.4 is 20.1 Å². The number of halogens is 2. The number of benzene rings is 4. The molecule has 0 amide bonds. The van der Waals surface area contributed by atoms with Gasteiger partial charge in [0.15, 0.2) is 0 Å². The van der Waals surface area contributed by atoms with Crippen molar-refractivity contribution in [3.05, 3.63) is 94.6 Å². The third-order valence-corrected chi connectivity index (χ3v) is 7.70. The molecule has 0 unspecified atom stereocenters. The SMILES string of the molecule is CCNCc1c(F)cc(-c2cccc(-c3cccc(-c4cc(F)c(CNCCC(=O)O)c(OC)c4)c3C)c2C)cc1OC. The van der Waals surface area contributed by atoms with Gasteiger partial charge < -0.3 is 25.2 Å². The molecule has 0 aliphatic heterocycles. The lowest BCUT2D eigenvalue weighted by molar-refractivity contribution is -0.136. The van der Waals surface area contributed by atoms with Crippen LogP contribution in [0.2, 0.25) is 0 Å². The molecule has 43 heavy (non-hydrogen) atoms. The van der Waals surface area contributed by atoms with Crippen LogP contribution in [-0.2, 0) is 17.9 Å². The van der Waals surface area contributed by atoms with Gasteiger partial charge in [-0.25, -0.2) is 8.78 Å². The van der Waals surface area contributed by atoms with Gasteiger partial charge in [-0.15, -0.1) is 0 Å². The van der Waals surface area contributed by atoms with Crippen LogP contribution in [0.15, 0.2) is 60.7 Å². The zero-order valence-electron chi connectivity index (χ0n) is 25.2. The van der Waals surface area contributed by atoms with Crippen molar-refractivity contribution in [2.45, 2.75) is 40.3 Å². The van der Waals surface area contributed by atoms with Crippen molar-refractivity contribution in [1.82, 2.24) is 10.6 Å². The monoisotopic (exact) mass is 588 g/mol. The number of hydrogen-bond acceptors (Lipinski definition) is 5. The van der Waals surface area contributed by atoms with Crippen LogP contribution in [0.4, 0.5) is 8.78 Å². The number of hydrogen-bond donors (Lipinski definition) is 3. The Morgan fingerprint density at radius 3 is 1.60 bits per heavy atom. The highest BCUT2D eigenvalue weighted by Gasteiger charge is 2.18. The molecule has 3 N–H and O–H groups in total. The summed E-state index contributed by atoms with van der Waals surface area (Å²) < 4.78 is 41.6. The molecule has 0 fully saturated rings. The average molecular weight is 589 g/mol. The lowest BCUT2D eigenvalue weighted by Gasteiger charge is -2.18. The molecule has 226 valence electrons. The number of ether oxygens (including phenoxy) is 2.